The molecule has 7 nitrogen and oxygen atoms in total. The third kappa shape index (κ3) is 6.23. The van der Waals surface area contributed by atoms with Crippen LogP contribution in [0.1, 0.15) is 34.1 Å². The molecule has 0 radical (unpaired) electrons. The van der Waals surface area contributed by atoms with Crippen molar-refractivity contribution in [2.75, 3.05) is 13.2 Å². The largest absolute Gasteiger partial charge is 1.00 e. The minimum Gasteiger partial charge on any atom is -0.772 e. The Bertz CT molecular complexity index is 411. The second-order valence-corrected chi connectivity index (χ2v) is 6.71. The molecule has 1 heterocycles. The Morgan fingerprint density at radius 3 is 2.38 bits per heavy atom. The van der Waals surface area contributed by atoms with E-state index < -0.39 is 40.0 Å². The number of nitrogens with zero attached hydrogens (tertiary/aromatic N) is 1. The maximum Gasteiger partial charge on any atom is 1.00 e. The van der Waals surface area contributed by atoms with Crippen LogP contribution in [0.15, 0.2) is 0 Å². The van der Waals surface area contributed by atoms with E-state index in [0.717, 1.165) is 4.90 Å². The van der Waals surface area contributed by atoms with Gasteiger partial charge in [0.05, 0.1) is 6.61 Å². The summed E-state index contributed by atoms with van der Waals surface area (Å²) in [6, 6.07) is -0.910. The van der Waals surface area contributed by atoms with Crippen molar-refractivity contribution in [1.29, 1.82) is 0 Å². The summed E-state index contributed by atoms with van der Waals surface area (Å²) in [7, 11) is 0. The molecule has 1 unspecified atom stereocenters. The Morgan fingerprint density at radius 2 is 1.95 bits per heavy atom. The molecule has 0 aromatic heterocycles. The first kappa shape index (κ1) is 20.9. The zero-order chi connectivity index (χ0) is 15.5. The number of hydrogen-bond acceptors (Lipinski definition) is 6. The number of carbonyl (C=O) groups excluding carboxylic acids is 2. The first-order chi connectivity index (χ1) is 9.15. The second-order valence-electron chi connectivity index (χ2n) is 5.52. The van der Waals surface area contributed by atoms with Gasteiger partial charge >= 0.3 is 41.6 Å². The van der Waals surface area contributed by atoms with Crippen LogP contribution in [0.4, 0.5) is 4.79 Å². The van der Waals surface area contributed by atoms with E-state index in [1.165, 1.54) is 0 Å². The quantitative estimate of drug-likeness (QED) is 0.332. The van der Waals surface area contributed by atoms with Crippen molar-refractivity contribution in [3.63, 3.8) is 0 Å². The maximum atomic E-state index is 12.0. The van der Waals surface area contributed by atoms with Gasteiger partial charge in [0.15, 0.2) is 0 Å². The van der Waals surface area contributed by atoms with Gasteiger partial charge in [0.1, 0.15) is 11.6 Å². The van der Waals surface area contributed by atoms with Crippen LogP contribution in [0.5, 0.6) is 0 Å². The molecule has 1 rings (SSSR count). The molecule has 3 atom stereocenters. The molecule has 0 aromatic rings. The van der Waals surface area contributed by atoms with Gasteiger partial charge in [-0.2, -0.15) is 0 Å². The van der Waals surface area contributed by atoms with E-state index in [1.807, 2.05) is 0 Å². The number of carbonyl (C=O) groups is 2. The Balaban J connectivity index is 0.00000400. The summed E-state index contributed by atoms with van der Waals surface area (Å²) >= 11 is -2.35. The topological polar surface area (TPSA) is 96.0 Å². The standard InChI is InChI=1S/C12H21NO6S.Na/c1-5-18-10(14)9-6-8(20(16)17)7-13(9)11(15)19-12(2,3)4;/h8-9H,5-7H2,1-4H3,(H,16,17);/q;+1/p-1/t8-,9+;/m1./s1. The minimum absolute atomic E-state index is 0. The van der Waals surface area contributed by atoms with Gasteiger partial charge in [-0.25, -0.2) is 9.59 Å². The SMILES string of the molecule is CCOC(=O)[C@@H]1C[C@@H](S(=O)[O-])CN1C(=O)OC(C)(C)C.[Na+]. The zero-order valence-electron chi connectivity index (χ0n) is 13.1. The smallest absolute Gasteiger partial charge is 0.772 e. The van der Waals surface area contributed by atoms with Crippen LogP contribution in [0.3, 0.4) is 0 Å². The Morgan fingerprint density at radius 1 is 1.38 bits per heavy atom. The van der Waals surface area contributed by atoms with Crippen molar-refractivity contribution in [1.82, 2.24) is 4.90 Å². The molecular formula is C12H20NNaO6S. The summed E-state index contributed by atoms with van der Waals surface area (Å²) in [4.78, 5) is 25.0. The molecule has 0 bridgehead atoms. The van der Waals surface area contributed by atoms with Crippen LogP contribution < -0.4 is 29.6 Å². The number of esters is 1. The third-order valence-electron chi connectivity index (χ3n) is 2.72. The molecule has 1 aliphatic rings. The summed E-state index contributed by atoms with van der Waals surface area (Å²) < 4.78 is 32.2. The maximum absolute atomic E-state index is 12.0. The molecule has 1 saturated heterocycles. The predicted molar refractivity (Wildman–Crippen MR) is 70.7 cm³/mol. The van der Waals surface area contributed by atoms with Crippen LogP contribution in [-0.2, 0) is 25.3 Å². The summed E-state index contributed by atoms with van der Waals surface area (Å²) in [5.41, 5.74) is -0.717. The first-order valence-electron chi connectivity index (χ1n) is 6.40. The zero-order valence-corrected chi connectivity index (χ0v) is 15.9. The van der Waals surface area contributed by atoms with Crippen LogP contribution >= 0.6 is 0 Å². The van der Waals surface area contributed by atoms with Crippen LogP contribution in [0.25, 0.3) is 0 Å². The van der Waals surface area contributed by atoms with Crippen molar-refractivity contribution in [2.24, 2.45) is 0 Å². The number of amides is 1. The van der Waals surface area contributed by atoms with Crippen molar-refractivity contribution < 1.29 is 57.4 Å². The fourth-order valence-corrected chi connectivity index (χ4v) is 2.54. The molecule has 1 amide bonds. The molecule has 21 heavy (non-hydrogen) atoms. The van der Waals surface area contributed by atoms with Crippen molar-refractivity contribution >= 4 is 23.1 Å². The van der Waals surface area contributed by atoms with Crippen molar-refractivity contribution in [2.45, 2.75) is 51.0 Å². The van der Waals surface area contributed by atoms with Crippen LogP contribution in [-0.4, -0.2) is 55.8 Å². The molecule has 9 heteroatoms. The Kier molecular flexibility index (Phi) is 8.41. The minimum atomic E-state index is -2.35. The van der Waals surface area contributed by atoms with E-state index in [2.05, 4.69) is 0 Å². The predicted octanol–water partition coefficient (Wildman–Crippen LogP) is -2.19. The summed E-state index contributed by atoms with van der Waals surface area (Å²) in [6.45, 7) is 6.85. The molecule has 1 aliphatic heterocycles. The number of ether oxygens (including phenoxy) is 2. The molecular weight excluding hydrogens is 309 g/mol. The van der Waals surface area contributed by atoms with E-state index in [-0.39, 0.29) is 49.1 Å². The monoisotopic (exact) mass is 329 g/mol. The average molecular weight is 329 g/mol. The van der Waals surface area contributed by atoms with Gasteiger partial charge in [0.25, 0.3) is 0 Å². The van der Waals surface area contributed by atoms with E-state index in [9.17, 15) is 18.4 Å². The average Bonchev–Trinajstić information content (AvgIpc) is 2.71. The molecule has 116 valence electrons. The van der Waals surface area contributed by atoms with Crippen LogP contribution in [0, 0.1) is 0 Å². The van der Waals surface area contributed by atoms with E-state index >= 15 is 0 Å². The third-order valence-corrected chi connectivity index (χ3v) is 3.61. The van der Waals surface area contributed by atoms with E-state index in [1.54, 1.807) is 27.7 Å². The van der Waals surface area contributed by atoms with E-state index in [0.29, 0.717) is 0 Å². The molecule has 0 saturated carbocycles. The number of rotatable bonds is 3. The van der Waals surface area contributed by atoms with E-state index in [4.69, 9.17) is 9.47 Å². The molecule has 0 aliphatic carbocycles. The summed E-state index contributed by atoms with van der Waals surface area (Å²) in [5.74, 6) is -0.605. The van der Waals surface area contributed by atoms with Gasteiger partial charge in [0, 0.05) is 11.8 Å². The van der Waals surface area contributed by atoms with Gasteiger partial charge in [-0.1, -0.05) is 11.1 Å². The normalized spacial score (nSPS) is 23.2. The first-order valence-corrected chi connectivity index (χ1v) is 7.53. The van der Waals surface area contributed by atoms with Gasteiger partial charge in [0.2, 0.25) is 0 Å². The fourth-order valence-electron chi connectivity index (χ4n) is 1.92. The summed E-state index contributed by atoms with van der Waals surface area (Å²) in [6.07, 6.45) is -0.669. The second kappa shape index (κ2) is 8.47. The van der Waals surface area contributed by atoms with Gasteiger partial charge in [-0.05, 0) is 34.1 Å². The summed E-state index contributed by atoms with van der Waals surface area (Å²) in [5, 5.41) is -0.781. The molecule has 0 aromatic carbocycles. The fraction of sp³-hybridized carbons (Fsp3) is 0.833. The Hall–Kier alpha value is -0.150. The van der Waals surface area contributed by atoms with Crippen LogP contribution in [0.2, 0.25) is 0 Å². The molecule has 0 N–H and O–H groups in total. The number of hydrogen-bond donors (Lipinski definition) is 0. The van der Waals surface area contributed by atoms with Gasteiger partial charge in [-0.15, -0.1) is 0 Å². The van der Waals surface area contributed by atoms with Gasteiger partial charge in [-0.3, -0.25) is 9.11 Å². The van der Waals surface area contributed by atoms with Crippen molar-refractivity contribution in [3.05, 3.63) is 0 Å². The molecule has 1 fully saturated rings. The van der Waals surface area contributed by atoms with Gasteiger partial charge < -0.3 is 14.0 Å². The number of likely N-dealkylation sites (tertiary alicyclic amines) is 1. The molecule has 0 spiro atoms. The van der Waals surface area contributed by atoms with Crippen molar-refractivity contribution in [3.8, 4) is 0 Å². The Labute approximate surface area is 149 Å².